The van der Waals surface area contributed by atoms with Crippen molar-refractivity contribution in [2.45, 2.75) is 0 Å². The van der Waals surface area contributed by atoms with E-state index in [-0.39, 0.29) is 0 Å². The summed E-state index contributed by atoms with van der Waals surface area (Å²) in [4.78, 5) is 14.9. The van der Waals surface area contributed by atoms with Crippen LogP contribution >= 0.6 is 0 Å². The third-order valence-electron chi connectivity index (χ3n) is 11.1. The number of nitriles is 1. The van der Waals surface area contributed by atoms with Gasteiger partial charge in [0.05, 0.1) is 11.6 Å². The average molecular weight is 711 g/mol. The molecule has 0 saturated heterocycles. The first-order chi connectivity index (χ1) is 27.7. The minimum Gasteiger partial charge on any atom is -0.208 e. The molecule has 0 bridgehead atoms. The average Bonchev–Trinajstić information content (AvgIpc) is 3.60. The number of fused-ring (bicyclic) bond motifs is 5. The van der Waals surface area contributed by atoms with E-state index >= 15 is 0 Å². The molecule has 0 saturated carbocycles. The molecular weight excluding hydrogens is 681 g/mol. The van der Waals surface area contributed by atoms with Gasteiger partial charge in [-0.2, -0.15) is 5.26 Å². The molecule has 10 aromatic rings. The van der Waals surface area contributed by atoms with Crippen LogP contribution in [0, 0.1) is 11.3 Å². The monoisotopic (exact) mass is 710 g/mol. The van der Waals surface area contributed by atoms with Gasteiger partial charge in [-0.1, -0.05) is 152 Å². The van der Waals surface area contributed by atoms with Crippen molar-refractivity contribution < 1.29 is 0 Å². The van der Waals surface area contributed by atoms with E-state index in [0.29, 0.717) is 23.0 Å². The van der Waals surface area contributed by atoms with Crippen molar-refractivity contribution in [3.63, 3.8) is 0 Å². The molecule has 258 valence electrons. The zero-order valence-electron chi connectivity index (χ0n) is 30.1. The molecule has 4 nitrogen and oxygen atoms in total. The van der Waals surface area contributed by atoms with Crippen LogP contribution in [-0.4, -0.2) is 15.0 Å². The standard InChI is InChI=1S/C52H30N4/c53-31-32-15-16-37-28-38(21-19-36(37)27-32)42-23-25-46-44-13-7-8-14-45(44)47-26-24-43(48(42)49(46)47)39-20-17-33-18-22-40(30-41(33)29-39)52-55-50(34-9-3-1-4-10-34)54-51(56-52)35-11-5-2-6-12-35/h1-30H. The summed E-state index contributed by atoms with van der Waals surface area (Å²) in [5, 5.41) is 16.4. The normalized spacial score (nSPS) is 11.6. The van der Waals surface area contributed by atoms with Gasteiger partial charge in [-0.05, 0) is 107 Å². The molecule has 1 aromatic heterocycles. The van der Waals surface area contributed by atoms with Gasteiger partial charge in [0.25, 0.3) is 0 Å². The molecule has 0 N–H and O–H groups in total. The van der Waals surface area contributed by atoms with Crippen LogP contribution in [0.15, 0.2) is 182 Å². The summed E-state index contributed by atoms with van der Waals surface area (Å²) >= 11 is 0. The van der Waals surface area contributed by atoms with E-state index in [9.17, 15) is 5.26 Å². The van der Waals surface area contributed by atoms with E-state index in [1.807, 2.05) is 78.9 Å². The quantitative estimate of drug-likeness (QED) is 0.178. The minimum atomic E-state index is 0.633. The maximum Gasteiger partial charge on any atom is 0.164 e. The lowest BCUT2D eigenvalue weighted by Crippen LogP contribution is -2.00. The first-order valence-electron chi connectivity index (χ1n) is 18.7. The fourth-order valence-electron chi connectivity index (χ4n) is 8.35. The molecule has 0 aliphatic heterocycles. The second-order valence-electron chi connectivity index (χ2n) is 14.3. The van der Waals surface area contributed by atoms with Gasteiger partial charge in [-0.25, -0.2) is 15.0 Å². The highest BCUT2D eigenvalue weighted by Crippen LogP contribution is 2.52. The number of hydrogen-bond donors (Lipinski definition) is 0. The van der Waals surface area contributed by atoms with Crippen LogP contribution in [0.2, 0.25) is 0 Å². The Morgan fingerprint density at radius 3 is 1.32 bits per heavy atom. The minimum absolute atomic E-state index is 0.633. The smallest absolute Gasteiger partial charge is 0.164 e. The Balaban J connectivity index is 1.10. The first kappa shape index (κ1) is 31.8. The van der Waals surface area contributed by atoms with Crippen LogP contribution in [-0.2, 0) is 0 Å². The summed E-state index contributed by atoms with van der Waals surface area (Å²) in [5.74, 6) is 1.92. The van der Waals surface area contributed by atoms with E-state index in [4.69, 9.17) is 15.0 Å². The molecule has 11 rings (SSSR count). The predicted molar refractivity (Wildman–Crippen MR) is 229 cm³/mol. The molecule has 0 amide bonds. The summed E-state index contributed by atoms with van der Waals surface area (Å²) in [5.41, 5.74) is 13.2. The number of benzene rings is 9. The highest BCUT2D eigenvalue weighted by atomic mass is 15.0. The Morgan fingerprint density at radius 1 is 0.304 bits per heavy atom. The molecule has 0 spiro atoms. The Morgan fingerprint density at radius 2 is 0.732 bits per heavy atom. The van der Waals surface area contributed by atoms with Crippen LogP contribution in [0.25, 0.3) is 111 Å². The van der Waals surface area contributed by atoms with E-state index in [1.165, 1.54) is 44.2 Å². The summed E-state index contributed by atoms with van der Waals surface area (Å²) in [6, 6.07) is 66.0. The lowest BCUT2D eigenvalue weighted by molar-refractivity contribution is 1.07. The maximum absolute atomic E-state index is 9.51. The molecule has 4 heteroatoms. The van der Waals surface area contributed by atoms with Crippen molar-refractivity contribution in [2.75, 3.05) is 0 Å². The van der Waals surface area contributed by atoms with Gasteiger partial charge in [0.2, 0.25) is 0 Å². The molecule has 56 heavy (non-hydrogen) atoms. The topological polar surface area (TPSA) is 62.5 Å². The van der Waals surface area contributed by atoms with Crippen molar-refractivity contribution in [3.05, 3.63) is 188 Å². The van der Waals surface area contributed by atoms with Crippen molar-refractivity contribution in [2.24, 2.45) is 0 Å². The molecule has 0 unspecified atom stereocenters. The van der Waals surface area contributed by atoms with E-state index in [1.54, 1.807) is 0 Å². The number of hydrogen-bond acceptors (Lipinski definition) is 4. The first-order valence-corrected chi connectivity index (χ1v) is 18.7. The van der Waals surface area contributed by atoms with Crippen molar-refractivity contribution in [1.29, 1.82) is 5.26 Å². The molecule has 0 radical (unpaired) electrons. The number of rotatable bonds is 5. The Bertz CT molecular complexity index is 3170. The zero-order valence-corrected chi connectivity index (χ0v) is 30.1. The number of nitrogens with zero attached hydrogens (tertiary/aromatic N) is 4. The Kier molecular flexibility index (Phi) is 7.20. The molecule has 9 aromatic carbocycles. The van der Waals surface area contributed by atoms with Gasteiger partial charge in [0.1, 0.15) is 0 Å². The largest absolute Gasteiger partial charge is 0.208 e. The molecule has 1 aliphatic rings. The van der Waals surface area contributed by atoms with Crippen LogP contribution < -0.4 is 0 Å². The fourth-order valence-corrected chi connectivity index (χ4v) is 8.35. The lowest BCUT2D eigenvalue weighted by atomic mass is 9.87. The molecule has 1 heterocycles. The third-order valence-corrected chi connectivity index (χ3v) is 11.1. The predicted octanol–water partition coefficient (Wildman–Crippen LogP) is 13.2. The van der Waals surface area contributed by atoms with E-state index < -0.39 is 0 Å². The van der Waals surface area contributed by atoms with Gasteiger partial charge in [-0.3, -0.25) is 0 Å². The molecule has 1 aliphatic carbocycles. The van der Waals surface area contributed by atoms with E-state index in [0.717, 1.165) is 49.4 Å². The fraction of sp³-hybridized carbons (Fsp3) is 0. The van der Waals surface area contributed by atoms with Crippen LogP contribution in [0.5, 0.6) is 0 Å². The van der Waals surface area contributed by atoms with Gasteiger partial charge in [0.15, 0.2) is 17.5 Å². The second-order valence-corrected chi connectivity index (χ2v) is 14.3. The number of aromatic nitrogens is 3. The van der Waals surface area contributed by atoms with Crippen LogP contribution in [0.3, 0.4) is 0 Å². The third kappa shape index (κ3) is 5.18. The summed E-state index contributed by atoms with van der Waals surface area (Å²) in [6.45, 7) is 0. The van der Waals surface area contributed by atoms with Crippen molar-refractivity contribution in [3.8, 4) is 84.7 Å². The van der Waals surface area contributed by atoms with Crippen LogP contribution in [0.4, 0.5) is 0 Å². The Labute approximate surface area is 323 Å². The summed E-state index contributed by atoms with van der Waals surface area (Å²) in [7, 11) is 0. The molecule has 0 atom stereocenters. The van der Waals surface area contributed by atoms with Crippen LogP contribution in [0.1, 0.15) is 5.56 Å². The zero-order chi connectivity index (χ0) is 37.2. The SMILES string of the molecule is N#Cc1ccc2cc(-c3ccc4c5c(ccc(-c6ccc7ccc(-c8nc(-c9ccccc9)nc(-c9ccccc9)n8)cc7c6)c35)-c3ccccc3-4)ccc2c1. The second kappa shape index (κ2) is 12.7. The lowest BCUT2D eigenvalue weighted by Gasteiger charge is -2.16. The highest BCUT2D eigenvalue weighted by molar-refractivity contribution is 6.23. The van der Waals surface area contributed by atoms with Gasteiger partial charge >= 0.3 is 0 Å². The molecule has 0 fully saturated rings. The van der Waals surface area contributed by atoms with Gasteiger partial charge < -0.3 is 0 Å². The summed E-state index contributed by atoms with van der Waals surface area (Å²) in [6.07, 6.45) is 0. The van der Waals surface area contributed by atoms with Gasteiger partial charge in [-0.15, -0.1) is 0 Å². The van der Waals surface area contributed by atoms with Crippen molar-refractivity contribution in [1.82, 2.24) is 15.0 Å². The highest BCUT2D eigenvalue weighted by Gasteiger charge is 2.25. The maximum atomic E-state index is 9.51. The van der Waals surface area contributed by atoms with Crippen molar-refractivity contribution >= 4 is 32.3 Å². The molecular formula is C52H30N4. The summed E-state index contributed by atoms with van der Waals surface area (Å²) < 4.78 is 0. The Hall–Kier alpha value is -7.74. The van der Waals surface area contributed by atoms with Gasteiger partial charge in [0, 0.05) is 16.7 Å². The van der Waals surface area contributed by atoms with E-state index in [2.05, 4.69) is 109 Å².